The van der Waals surface area contributed by atoms with Crippen LogP contribution < -0.4 is 15.6 Å². The summed E-state index contributed by atoms with van der Waals surface area (Å²) < 4.78 is 22.8. The average Bonchev–Trinajstić information content (AvgIpc) is 3.63. The number of hydrogen-bond donors (Lipinski definition) is 1. The minimum absolute atomic E-state index is 0. The number of aromatic nitrogens is 2. The number of fused-ring (bicyclic) bond motifs is 2. The van der Waals surface area contributed by atoms with Gasteiger partial charge < -0.3 is 15.0 Å². The van der Waals surface area contributed by atoms with Gasteiger partial charge in [-0.1, -0.05) is 30.4 Å². The molecule has 7 heteroatoms. The molecule has 1 saturated heterocycles. The number of rotatable bonds is 4. The van der Waals surface area contributed by atoms with Gasteiger partial charge >= 0.3 is 0 Å². The van der Waals surface area contributed by atoms with Gasteiger partial charge in [0.15, 0.2) is 22.7 Å². The summed E-state index contributed by atoms with van der Waals surface area (Å²) in [4.78, 5) is 19.9. The third kappa shape index (κ3) is 3.43. The molecule has 1 aliphatic heterocycles. The molecule has 2 aromatic heterocycles. The highest BCUT2D eigenvalue weighted by Crippen LogP contribution is 2.47. The molecule has 0 spiro atoms. The first-order valence-corrected chi connectivity index (χ1v) is 11.4. The van der Waals surface area contributed by atoms with Crippen LogP contribution in [0.2, 0.25) is 0 Å². The molecule has 0 amide bonds. The highest BCUT2D eigenvalue weighted by molar-refractivity contribution is 5.85. The van der Waals surface area contributed by atoms with Gasteiger partial charge in [-0.15, -0.1) is 0 Å². The number of aryl methyl sites for hydroxylation is 1. The molecule has 33 heavy (non-hydrogen) atoms. The third-order valence-electron chi connectivity index (χ3n) is 6.77. The van der Waals surface area contributed by atoms with Crippen LogP contribution in [0, 0.1) is 24.6 Å². The molecule has 2 unspecified atom stereocenters. The second-order valence-corrected chi connectivity index (χ2v) is 8.88. The lowest BCUT2D eigenvalue weighted by atomic mass is 10.1. The zero-order chi connectivity index (χ0) is 22.5. The number of allylic oxidation sites excluding steroid dienone is 4. The topological polar surface area (TPSA) is 59.4 Å². The predicted molar refractivity (Wildman–Crippen MR) is 130 cm³/mol. The van der Waals surface area contributed by atoms with Crippen molar-refractivity contribution in [3.05, 3.63) is 81.9 Å². The largest absolute Gasteiger partial charge is 0.378 e. The Balaban J connectivity index is 0.00000241. The van der Waals surface area contributed by atoms with E-state index in [-0.39, 0.29) is 12.7 Å². The van der Waals surface area contributed by atoms with E-state index in [1.165, 1.54) is 0 Å². The maximum absolute atomic E-state index is 15.4. The molecule has 6 nitrogen and oxygen atoms in total. The van der Waals surface area contributed by atoms with Crippen molar-refractivity contribution in [2.45, 2.75) is 13.3 Å². The highest BCUT2D eigenvalue weighted by atomic mass is 19.1. The lowest BCUT2D eigenvalue weighted by molar-refractivity contribution is 0.122. The SMILES string of the molecule is Cc1c(F)c(N2CCOCC2)nc2c1c(=O)cc(NC1=CC=CC3CC13)n2-c1ccccc1.[HH]. The Morgan fingerprint density at radius 3 is 2.79 bits per heavy atom. The fraction of sp³-hybridized carbons (Fsp3) is 0.308. The van der Waals surface area contributed by atoms with Gasteiger partial charge in [-0.2, -0.15) is 0 Å². The zero-order valence-corrected chi connectivity index (χ0v) is 18.4. The normalized spacial score (nSPS) is 21.6. The molecule has 170 valence electrons. The standard InChI is InChI=1S/C26H25FN4O2.H2/c1-16-23-21(32)15-22(28-20-9-5-6-17-14-19(17)20)31(18-7-3-2-4-8-18)25(23)29-26(24(16)27)30-10-12-33-13-11-30;/h2-9,15,17,19,28H,10-14H2,1H3;1H. The molecule has 1 N–H and O–H groups in total. The van der Waals surface area contributed by atoms with E-state index in [1.54, 1.807) is 13.0 Å². The molecule has 1 saturated carbocycles. The number of pyridine rings is 2. The van der Waals surface area contributed by atoms with Gasteiger partial charge in [0.05, 0.1) is 18.6 Å². The monoisotopic (exact) mass is 446 g/mol. The van der Waals surface area contributed by atoms with Gasteiger partial charge in [0.2, 0.25) is 0 Å². The summed E-state index contributed by atoms with van der Waals surface area (Å²) in [6.45, 7) is 3.83. The van der Waals surface area contributed by atoms with Gasteiger partial charge in [0.1, 0.15) is 5.82 Å². The van der Waals surface area contributed by atoms with Crippen LogP contribution in [0.3, 0.4) is 0 Å². The number of halogens is 1. The molecule has 1 aromatic carbocycles. The summed E-state index contributed by atoms with van der Waals surface area (Å²) in [7, 11) is 0. The Labute approximate surface area is 192 Å². The average molecular weight is 447 g/mol. The number of nitrogens with zero attached hydrogens (tertiary/aromatic N) is 3. The van der Waals surface area contributed by atoms with Crippen molar-refractivity contribution >= 4 is 22.7 Å². The van der Waals surface area contributed by atoms with Crippen molar-refractivity contribution in [3.63, 3.8) is 0 Å². The van der Waals surface area contributed by atoms with Crippen LogP contribution in [0.1, 0.15) is 13.4 Å². The van der Waals surface area contributed by atoms with Gasteiger partial charge in [-0.25, -0.2) is 9.37 Å². The second-order valence-electron chi connectivity index (χ2n) is 8.88. The van der Waals surface area contributed by atoms with Crippen molar-refractivity contribution in [1.29, 1.82) is 0 Å². The first-order valence-electron chi connectivity index (χ1n) is 11.4. The van der Waals surface area contributed by atoms with Gasteiger partial charge in [0.25, 0.3) is 0 Å². The number of nitrogens with one attached hydrogen (secondary N) is 1. The smallest absolute Gasteiger partial charge is 0.193 e. The molecule has 6 rings (SSSR count). The fourth-order valence-corrected chi connectivity index (χ4v) is 4.89. The number of para-hydroxylation sites is 1. The highest BCUT2D eigenvalue weighted by Gasteiger charge is 2.39. The summed E-state index contributed by atoms with van der Waals surface area (Å²) in [5.74, 6) is 1.49. The van der Waals surface area contributed by atoms with Crippen molar-refractivity contribution in [2.75, 3.05) is 36.5 Å². The van der Waals surface area contributed by atoms with E-state index in [9.17, 15) is 4.79 Å². The van der Waals surface area contributed by atoms with E-state index >= 15 is 4.39 Å². The maximum Gasteiger partial charge on any atom is 0.193 e. The molecule has 2 aliphatic carbocycles. The first-order chi connectivity index (χ1) is 16.1. The van der Waals surface area contributed by atoms with Crippen LogP contribution in [0.4, 0.5) is 16.0 Å². The molecule has 3 aliphatic rings. The second kappa shape index (κ2) is 7.85. The molecule has 0 bridgehead atoms. The van der Waals surface area contributed by atoms with Crippen LogP contribution in [0.25, 0.3) is 16.7 Å². The lowest BCUT2D eigenvalue weighted by Gasteiger charge is -2.29. The van der Waals surface area contributed by atoms with Crippen LogP contribution in [0.5, 0.6) is 0 Å². The number of ether oxygens (including phenoxy) is 1. The van der Waals surface area contributed by atoms with E-state index in [0.29, 0.717) is 60.6 Å². The molecule has 2 fully saturated rings. The summed E-state index contributed by atoms with van der Waals surface area (Å²) in [5.41, 5.74) is 2.49. The van der Waals surface area contributed by atoms with E-state index in [0.717, 1.165) is 17.8 Å². The first kappa shape index (κ1) is 20.2. The van der Waals surface area contributed by atoms with Crippen LogP contribution in [-0.2, 0) is 4.74 Å². The Kier molecular flexibility index (Phi) is 4.80. The number of anilines is 2. The molecule has 0 radical (unpaired) electrons. The maximum atomic E-state index is 15.4. The lowest BCUT2D eigenvalue weighted by Crippen LogP contribution is -2.37. The van der Waals surface area contributed by atoms with Crippen LogP contribution in [-0.4, -0.2) is 35.9 Å². The molecule has 3 aromatic rings. The fourth-order valence-electron chi connectivity index (χ4n) is 4.89. The summed E-state index contributed by atoms with van der Waals surface area (Å²) in [5, 5.41) is 3.82. The minimum atomic E-state index is -0.442. The number of hydrogen-bond acceptors (Lipinski definition) is 5. The van der Waals surface area contributed by atoms with E-state index in [4.69, 9.17) is 9.72 Å². The van der Waals surface area contributed by atoms with Crippen molar-refractivity contribution in [2.24, 2.45) is 11.8 Å². The van der Waals surface area contributed by atoms with Crippen LogP contribution in [0.15, 0.2) is 65.1 Å². The van der Waals surface area contributed by atoms with Crippen molar-refractivity contribution in [3.8, 4) is 5.69 Å². The number of morpholine rings is 1. The van der Waals surface area contributed by atoms with Crippen molar-refractivity contribution < 1.29 is 10.6 Å². The van der Waals surface area contributed by atoms with E-state index in [2.05, 4.69) is 23.5 Å². The Bertz CT molecular complexity index is 1360. The molecular formula is C26H27FN4O2. The molecular weight excluding hydrogens is 419 g/mol. The zero-order valence-electron chi connectivity index (χ0n) is 18.4. The molecule has 2 atom stereocenters. The Morgan fingerprint density at radius 2 is 2.00 bits per heavy atom. The summed E-state index contributed by atoms with van der Waals surface area (Å²) in [6, 6.07) is 11.3. The minimum Gasteiger partial charge on any atom is -0.378 e. The van der Waals surface area contributed by atoms with Gasteiger partial charge in [-0.3, -0.25) is 9.36 Å². The Morgan fingerprint density at radius 1 is 1.21 bits per heavy atom. The predicted octanol–water partition coefficient (Wildman–Crippen LogP) is 4.42. The quantitative estimate of drug-likeness (QED) is 0.643. The van der Waals surface area contributed by atoms with E-state index < -0.39 is 5.82 Å². The molecule has 3 heterocycles. The van der Waals surface area contributed by atoms with Crippen molar-refractivity contribution in [1.82, 2.24) is 9.55 Å². The summed E-state index contributed by atoms with van der Waals surface area (Å²) >= 11 is 0. The Hall–Kier alpha value is -3.45. The van der Waals surface area contributed by atoms with E-state index in [1.807, 2.05) is 39.8 Å². The number of benzene rings is 1. The summed E-state index contributed by atoms with van der Waals surface area (Å²) in [6.07, 6.45) is 7.47. The third-order valence-corrected chi connectivity index (χ3v) is 6.77. The van der Waals surface area contributed by atoms with Gasteiger partial charge in [-0.05, 0) is 37.5 Å². The van der Waals surface area contributed by atoms with Gasteiger partial charge in [0, 0.05) is 43.4 Å². The van der Waals surface area contributed by atoms with Crippen LogP contribution >= 0.6 is 0 Å².